The molecule has 1 atom stereocenters. The highest BCUT2D eigenvalue weighted by Gasteiger charge is 2.25. The summed E-state index contributed by atoms with van der Waals surface area (Å²) in [6.45, 7) is 2.26. The van der Waals surface area contributed by atoms with E-state index in [1.165, 1.54) is 24.3 Å². The van der Waals surface area contributed by atoms with E-state index in [0.29, 0.717) is 6.54 Å². The van der Waals surface area contributed by atoms with E-state index in [2.05, 4.69) is 10.2 Å². The number of anilines is 1. The second-order valence-electron chi connectivity index (χ2n) is 5.54. The topological polar surface area (TPSA) is 102 Å². The average Bonchev–Trinajstić information content (AvgIpc) is 2.62. The van der Waals surface area contributed by atoms with Gasteiger partial charge in [0.05, 0.1) is 15.9 Å². The van der Waals surface area contributed by atoms with Crippen LogP contribution < -0.4 is 10.2 Å². The summed E-state index contributed by atoms with van der Waals surface area (Å²) in [5.41, 5.74) is 1.97. The molecule has 1 aliphatic rings. The maximum Gasteiger partial charge on any atom is 0.269 e. The summed E-state index contributed by atoms with van der Waals surface area (Å²) < 4.78 is 0. The van der Waals surface area contributed by atoms with Gasteiger partial charge in [-0.2, -0.15) is 0 Å². The molecule has 2 aromatic rings. The van der Waals surface area contributed by atoms with E-state index >= 15 is 0 Å². The molecule has 0 saturated carbocycles. The Morgan fingerprint density at radius 3 is 2.00 bits per heavy atom. The zero-order chi connectivity index (χ0) is 17.1. The van der Waals surface area contributed by atoms with Crippen LogP contribution in [0.25, 0.3) is 0 Å². The van der Waals surface area contributed by atoms with Crippen molar-refractivity contribution in [3.63, 3.8) is 0 Å². The van der Waals surface area contributed by atoms with Gasteiger partial charge in [0, 0.05) is 49.6 Å². The molecule has 0 aliphatic carbocycles. The zero-order valence-corrected chi connectivity index (χ0v) is 12.8. The van der Waals surface area contributed by atoms with Crippen molar-refractivity contribution in [2.45, 2.75) is 6.04 Å². The Bertz CT molecular complexity index is 680. The number of nitrogens with one attached hydrogen (secondary N) is 1. The molecule has 1 fully saturated rings. The highest BCUT2D eigenvalue weighted by atomic mass is 16.6. The zero-order valence-electron chi connectivity index (χ0n) is 12.8. The smallest absolute Gasteiger partial charge is 0.269 e. The van der Waals surface area contributed by atoms with Crippen LogP contribution in [-0.2, 0) is 0 Å². The first-order chi connectivity index (χ1) is 11.6. The quantitative estimate of drug-likeness (QED) is 0.684. The van der Waals surface area contributed by atoms with Gasteiger partial charge in [0.1, 0.15) is 0 Å². The first-order valence-corrected chi connectivity index (χ1v) is 7.52. The third kappa shape index (κ3) is 3.18. The van der Waals surface area contributed by atoms with Crippen LogP contribution in [0.3, 0.4) is 0 Å². The van der Waals surface area contributed by atoms with Crippen molar-refractivity contribution in [1.82, 2.24) is 5.32 Å². The van der Waals surface area contributed by atoms with Crippen LogP contribution in [0.5, 0.6) is 0 Å². The SMILES string of the molecule is O=[N+]([O-])c1ccc(C2CNCCN2c2ccc([N+](=O)[O-])cc2)cc1. The molecule has 8 heteroatoms. The van der Waals surface area contributed by atoms with Gasteiger partial charge in [0.2, 0.25) is 0 Å². The van der Waals surface area contributed by atoms with Crippen molar-refractivity contribution in [2.24, 2.45) is 0 Å². The van der Waals surface area contributed by atoms with Gasteiger partial charge in [0.15, 0.2) is 0 Å². The summed E-state index contributed by atoms with van der Waals surface area (Å²) in [5, 5.41) is 24.9. The lowest BCUT2D eigenvalue weighted by Gasteiger charge is -2.38. The normalized spacial score (nSPS) is 17.5. The van der Waals surface area contributed by atoms with Gasteiger partial charge in [-0.15, -0.1) is 0 Å². The Balaban J connectivity index is 1.87. The molecule has 8 nitrogen and oxygen atoms in total. The van der Waals surface area contributed by atoms with Gasteiger partial charge >= 0.3 is 0 Å². The molecular weight excluding hydrogens is 312 g/mol. The molecule has 1 heterocycles. The van der Waals surface area contributed by atoms with E-state index in [4.69, 9.17) is 0 Å². The van der Waals surface area contributed by atoms with Crippen molar-refractivity contribution < 1.29 is 9.85 Å². The molecule has 1 N–H and O–H groups in total. The number of non-ortho nitro benzene ring substituents is 2. The lowest BCUT2D eigenvalue weighted by molar-refractivity contribution is -0.385. The predicted molar refractivity (Wildman–Crippen MR) is 89.1 cm³/mol. The van der Waals surface area contributed by atoms with Gasteiger partial charge in [-0.05, 0) is 17.7 Å². The summed E-state index contributed by atoms with van der Waals surface area (Å²) in [4.78, 5) is 22.9. The fraction of sp³-hybridized carbons (Fsp3) is 0.250. The van der Waals surface area contributed by atoms with Crippen LogP contribution in [0.15, 0.2) is 48.5 Å². The van der Waals surface area contributed by atoms with Gasteiger partial charge in [-0.25, -0.2) is 0 Å². The van der Waals surface area contributed by atoms with E-state index < -0.39 is 9.85 Å². The number of benzene rings is 2. The van der Waals surface area contributed by atoms with E-state index in [-0.39, 0.29) is 17.4 Å². The monoisotopic (exact) mass is 328 g/mol. The second kappa shape index (κ2) is 6.63. The molecule has 1 unspecified atom stereocenters. The predicted octanol–water partition coefficient (Wildman–Crippen LogP) is 2.65. The maximum atomic E-state index is 10.8. The number of nitro benzene ring substituents is 2. The third-order valence-corrected chi connectivity index (χ3v) is 4.12. The van der Waals surface area contributed by atoms with Crippen molar-refractivity contribution in [2.75, 3.05) is 24.5 Å². The summed E-state index contributed by atoms with van der Waals surface area (Å²) >= 11 is 0. The molecular formula is C16H16N4O4. The minimum absolute atomic E-state index is 0.0148. The first kappa shape index (κ1) is 15.9. The average molecular weight is 328 g/mol. The van der Waals surface area contributed by atoms with Crippen molar-refractivity contribution >= 4 is 17.1 Å². The number of hydrogen-bond acceptors (Lipinski definition) is 6. The Labute approximate surface area is 138 Å². The molecule has 0 amide bonds. The van der Waals surface area contributed by atoms with Gasteiger partial charge in [-0.1, -0.05) is 12.1 Å². The number of hydrogen-bond donors (Lipinski definition) is 1. The van der Waals surface area contributed by atoms with Crippen LogP contribution in [0.1, 0.15) is 11.6 Å². The van der Waals surface area contributed by atoms with E-state index in [9.17, 15) is 20.2 Å². The van der Waals surface area contributed by atoms with Crippen molar-refractivity contribution in [3.8, 4) is 0 Å². The second-order valence-corrected chi connectivity index (χ2v) is 5.54. The molecule has 0 bridgehead atoms. The molecule has 1 aliphatic heterocycles. The Morgan fingerprint density at radius 1 is 0.917 bits per heavy atom. The highest BCUT2D eigenvalue weighted by molar-refractivity contribution is 5.53. The fourth-order valence-electron chi connectivity index (χ4n) is 2.90. The number of rotatable bonds is 4. The maximum absolute atomic E-state index is 10.8. The van der Waals surface area contributed by atoms with Crippen LogP contribution in [0.4, 0.5) is 17.1 Å². The molecule has 1 saturated heterocycles. The third-order valence-electron chi connectivity index (χ3n) is 4.12. The molecule has 0 radical (unpaired) electrons. The Kier molecular flexibility index (Phi) is 4.39. The van der Waals surface area contributed by atoms with Crippen molar-refractivity contribution in [1.29, 1.82) is 0 Å². The van der Waals surface area contributed by atoms with E-state index in [1.54, 1.807) is 24.3 Å². The van der Waals surface area contributed by atoms with Crippen LogP contribution in [0.2, 0.25) is 0 Å². The van der Waals surface area contributed by atoms with Crippen molar-refractivity contribution in [3.05, 3.63) is 74.3 Å². The standard InChI is InChI=1S/C16H16N4O4/c21-19(22)14-3-1-12(2-4-14)16-11-17-9-10-18(16)13-5-7-15(8-6-13)20(23)24/h1-8,16-17H,9-11H2. The van der Waals surface area contributed by atoms with E-state index in [0.717, 1.165) is 24.3 Å². The minimum Gasteiger partial charge on any atom is -0.362 e. The molecule has 3 rings (SSSR count). The summed E-state index contributed by atoms with van der Waals surface area (Å²) in [7, 11) is 0. The molecule has 24 heavy (non-hydrogen) atoms. The lowest BCUT2D eigenvalue weighted by atomic mass is 10.0. The van der Waals surface area contributed by atoms with Gasteiger partial charge in [0.25, 0.3) is 11.4 Å². The molecule has 0 spiro atoms. The first-order valence-electron chi connectivity index (χ1n) is 7.52. The number of nitrogens with zero attached hydrogens (tertiary/aromatic N) is 3. The van der Waals surface area contributed by atoms with Crippen LogP contribution >= 0.6 is 0 Å². The molecule has 124 valence electrons. The fourth-order valence-corrected chi connectivity index (χ4v) is 2.90. The minimum atomic E-state index is -0.421. The van der Waals surface area contributed by atoms with Crippen LogP contribution in [-0.4, -0.2) is 29.5 Å². The van der Waals surface area contributed by atoms with Gasteiger partial charge < -0.3 is 10.2 Å². The Hall–Kier alpha value is -3.00. The lowest BCUT2D eigenvalue weighted by Crippen LogP contribution is -2.46. The molecule has 2 aromatic carbocycles. The molecule has 0 aromatic heterocycles. The summed E-state index contributed by atoms with van der Waals surface area (Å²) in [6.07, 6.45) is 0. The number of nitro groups is 2. The number of piperazine rings is 1. The highest BCUT2D eigenvalue weighted by Crippen LogP contribution is 2.30. The van der Waals surface area contributed by atoms with Gasteiger partial charge in [-0.3, -0.25) is 20.2 Å². The largest absolute Gasteiger partial charge is 0.362 e. The van der Waals surface area contributed by atoms with E-state index in [1.807, 2.05) is 0 Å². The summed E-state index contributed by atoms with van der Waals surface area (Å²) in [5.74, 6) is 0. The Morgan fingerprint density at radius 2 is 1.46 bits per heavy atom. The summed E-state index contributed by atoms with van der Waals surface area (Å²) in [6, 6.07) is 13.0. The van der Waals surface area contributed by atoms with Crippen LogP contribution in [0, 0.1) is 20.2 Å².